The minimum absolute atomic E-state index is 0.0982. The maximum absolute atomic E-state index is 14.7. The van der Waals surface area contributed by atoms with Gasteiger partial charge in [-0.05, 0) is 95.7 Å². The molecule has 54 heavy (non-hydrogen) atoms. The molecule has 12 nitrogen and oxygen atoms in total. The van der Waals surface area contributed by atoms with Gasteiger partial charge in [-0.25, -0.2) is 17.9 Å². The van der Waals surface area contributed by atoms with Crippen LogP contribution in [0.1, 0.15) is 87.6 Å². The van der Waals surface area contributed by atoms with Gasteiger partial charge >= 0.3 is 11.8 Å². The average molecular weight is 775 g/mol. The van der Waals surface area contributed by atoms with Crippen molar-refractivity contribution in [3.63, 3.8) is 0 Å². The molecular formula is C38H45F3N4O8S. The molecule has 3 heterocycles. The smallest absolute Gasteiger partial charge is 0.417 e. The summed E-state index contributed by atoms with van der Waals surface area (Å²) in [7, 11) is -0.549. The molecule has 1 N–H and O–H groups in total. The van der Waals surface area contributed by atoms with Gasteiger partial charge < -0.3 is 23.7 Å². The van der Waals surface area contributed by atoms with Crippen LogP contribution in [0.15, 0.2) is 27.4 Å². The SMILES string of the molecule is COC[C@H]1CN(c2cc(C)c3c4c(c(=O)oc3c2C)CN(C(=O)c2cc(OC3CCC3)c(C(=O)NS(=O)(=O)C3(C)CC3)c(C(F)(F)F)c2)CC4)CCN1C. The highest BCUT2D eigenvalue weighted by atomic mass is 32.2. The van der Waals surface area contributed by atoms with Crippen LogP contribution >= 0.6 is 0 Å². The van der Waals surface area contributed by atoms with Gasteiger partial charge in [0.25, 0.3) is 11.8 Å². The van der Waals surface area contributed by atoms with Gasteiger partial charge in [0.05, 0.1) is 46.7 Å². The number of methoxy groups -OCH3 is 1. The van der Waals surface area contributed by atoms with Crippen LogP contribution in [-0.2, 0) is 33.9 Å². The number of piperazine rings is 1. The Balaban J connectivity index is 1.22. The monoisotopic (exact) mass is 774 g/mol. The Bertz CT molecular complexity index is 2200. The molecule has 2 aliphatic carbocycles. The van der Waals surface area contributed by atoms with Gasteiger partial charge in [-0.1, -0.05) is 0 Å². The van der Waals surface area contributed by atoms with Crippen molar-refractivity contribution in [2.75, 3.05) is 51.8 Å². The van der Waals surface area contributed by atoms with E-state index < -0.39 is 66.9 Å². The van der Waals surface area contributed by atoms with Crippen molar-refractivity contribution in [2.45, 2.75) is 88.9 Å². The molecule has 2 saturated carbocycles. The molecule has 3 fully saturated rings. The molecule has 3 aromatic rings. The number of sulfonamides is 1. The quantitative estimate of drug-likeness (QED) is 0.298. The van der Waals surface area contributed by atoms with Gasteiger partial charge in [0.2, 0.25) is 10.0 Å². The lowest BCUT2D eigenvalue weighted by Gasteiger charge is -2.41. The van der Waals surface area contributed by atoms with E-state index in [1.54, 1.807) is 7.11 Å². The van der Waals surface area contributed by atoms with E-state index in [9.17, 15) is 36.0 Å². The fourth-order valence-corrected chi connectivity index (χ4v) is 8.90. The number of likely N-dealkylation sites (N-methyl/N-ethyl adjacent to an activating group) is 1. The number of ether oxygens (including phenoxy) is 2. The number of nitrogens with one attached hydrogen (secondary N) is 1. The van der Waals surface area contributed by atoms with Crippen molar-refractivity contribution in [3.05, 3.63) is 67.6 Å². The average Bonchev–Trinajstić information content (AvgIpc) is 3.86. The minimum Gasteiger partial charge on any atom is -0.490 e. The van der Waals surface area contributed by atoms with E-state index in [2.05, 4.69) is 22.9 Å². The van der Waals surface area contributed by atoms with Crippen LogP contribution < -0.4 is 20.0 Å². The molecule has 0 radical (unpaired) electrons. The molecule has 1 saturated heterocycles. The van der Waals surface area contributed by atoms with Gasteiger partial charge in [-0.2, -0.15) is 13.2 Å². The molecule has 0 unspecified atom stereocenters. The molecule has 292 valence electrons. The number of carbonyl (C=O) groups is 2. The summed E-state index contributed by atoms with van der Waals surface area (Å²) in [6.07, 6.45) is -3.07. The minimum atomic E-state index is -5.15. The second-order valence-electron chi connectivity index (χ2n) is 15.4. The Labute approximate surface area is 311 Å². The Kier molecular flexibility index (Phi) is 9.78. The van der Waals surface area contributed by atoms with Crippen LogP contribution in [0, 0.1) is 13.8 Å². The maximum atomic E-state index is 14.7. The van der Waals surface area contributed by atoms with Crippen LogP contribution in [0.3, 0.4) is 0 Å². The summed E-state index contributed by atoms with van der Waals surface area (Å²) in [5, 5.41) is 0.779. The van der Waals surface area contributed by atoms with E-state index >= 15 is 0 Å². The number of aryl methyl sites for hydroxylation is 2. The number of carbonyl (C=O) groups excluding carboxylic acids is 2. The van der Waals surface area contributed by atoms with E-state index in [0.29, 0.717) is 31.1 Å². The summed E-state index contributed by atoms with van der Waals surface area (Å²) in [6.45, 7) is 8.09. The number of hydrogen-bond donors (Lipinski definition) is 1. The fourth-order valence-electron chi connectivity index (χ4n) is 7.67. The molecule has 0 spiro atoms. The lowest BCUT2D eigenvalue weighted by atomic mass is 9.92. The zero-order chi connectivity index (χ0) is 38.9. The largest absolute Gasteiger partial charge is 0.490 e. The van der Waals surface area contributed by atoms with Gasteiger partial charge in [0.1, 0.15) is 11.3 Å². The van der Waals surface area contributed by atoms with Crippen LogP contribution in [0.25, 0.3) is 11.0 Å². The molecule has 2 aromatic carbocycles. The highest BCUT2D eigenvalue weighted by Crippen LogP contribution is 2.44. The molecule has 7 rings (SSSR count). The first kappa shape index (κ1) is 38.1. The molecule has 2 amide bonds. The van der Waals surface area contributed by atoms with Gasteiger partial charge in [0.15, 0.2) is 0 Å². The number of nitrogens with zero attached hydrogens (tertiary/aromatic N) is 3. The van der Waals surface area contributed by atoms with Crippen LogP contribution in [0.5, 0.6) is 5.75 Å². The Morgan fingerprint density at radius 2 is 1.80 bits per heavy atom. The third kappa shape index (κ3) is 6.85. The number of fused-ring (bicyclic) bond motifs is 3. The van der Waals surface area contributed by atoms with E-state index in [4.69, 9.17) is 13.9 Å². The first-order valence-electron chi connectivity index (χ1n) is 18.2. The predicted octanol–water partition coefficient (Wildman–Crippen LogP) is 4.94. The van der Waals surface area contributed by atoms with Crippen molar-refractivity contribution >= 4 is 38.5 Å². The number of hydrogen-bond acceptors (Lipinski definition) is 10. The van der Waals surface area contributed by atoms with Crippen LogP contribution in [0.4, 0.5) is 18.9 Å². The Morgan fingerprint density at radius 3 is 2.43 bits per heavy atom. The third-order valence-corrected chi connectivity index (χ3v) is 13.8. The number of amides is 2. The van der Waals surface area contributed by atoms with E-state index in [1.165, 1.54) is 11.8 Å². The molecule has 1 aromatic heterocycles. The molecular weight excluding hydrogens is 729 g/mol. The molecule has 4 aliphatic rings. The lowest BCUT2D eigenvalue weighted by molar-refractivity contribution is -0.138. The zero-order valence-corrected chi connectivity index (χ0v) is 31.8. The number of anilines is 1. The lowest BCUT2D eigenvalue weighted by Crippen LogP contribution is -2.53. The van der Waals surface area contributed by atoms with Gasteiger partial charge in [-0.3, -0.25) is 14.5 Å². The fraction of sp³-hybridized carbons (Fsp3) is 0.553. The van der Waals surface area contributed by atoms with E-state index in [1.807, 2.05) is 18.6 Å². The van der Waals surface area contributed by atoms with E-state index in [0.717, 1.165) is 59.9 Å². The highest BCUT2D eigenvalue weighted by molar-refractivity contribution is 7.91. The summed E-state index contributed by atoms with van der Waals surface area (Å²) < 4.78 is 87.7. The van der Waals surface area contributed by atoms with Crippen molar-refractivity contribution in [3.8, 4) is 5.75 Å². The summed E-state index contributed by atoms with van der Waals surface area (Å²) >= 11 is 0. The first-order chi connectivity index (χ1) is 25.4. The van der Waals surface area contributed by atoms with E-state index in [-0.39, 0.29) is 44.0 Å². The van der Waals surface area contributed by atoms with Crippen molar-refractivity contribution in [1.82, 2.24) is 14.5 Å². The predicted molar refractivity (Wildman–Crippen MR) is 195 cm³/mol. The standard InChI is InChI=1S/C38H45F3N4O8S/c1-21-15-29(44-14-13-43(4)24(18-44)20-51-5)22(2)33-31(21)26-9-12-45(19-27(26)36(48)53-33)35(47)23-16-28(38(39,40)41)32(30(17-23)52-25-7-6-8-25)34(46)42-54(49,50)37(3)10-11-37/h15-17,24-25H,6-14,18-20H2,1-5H3,(H,42,46)/t24-/m1/s1. The summed E-state index contributed by atoms with van der Waals surface area (Å²) in [5.41, 5.74) is 0.591. The van der Waals surface area contributed by atoms with Gasteiger partial charge in [-0.15, -0.1) is 0 Å². The van der Waals surface area contributed by atoms with Crippen molar-refractivity contribution < 1.29 is 45.1 Å². The second-order valence-corrected chi connectivity index (χ2v) is 17.5. The Hall–Kier alpha value is -4.15. The normalized spacial score (nSPS) is 20.4. The molecule has 1 atom stereocenters. The molecule has 0 bridgehead atoms. The first-order valence-corrected chi connectivity index (χ1v) is 19.7. The molecule has 2 aliphatic heterocycles. The number of alkyl halides is 3. The summed E-state index contributed by atoms with van der Waals surface area (Å²) in [6, 6.07) is 3.89. The van der Waals surface area contributed by atoms with Crippen molar-refractivity contribution in [2.24, 2.45) is 0 Å². The maximum Gasteiger partial charge on any atom is 0.417 e. The number of halogens is 3. The zero-order valence-electron chi connectivity index (χ0n) is 31.0. The number of benzene rings is 2. The van der Waals surface area contributed by atoms with Gasteiger partial charge in [0, 0.05) is 55.5 Å². The number of rotatable bonds is 9. The third-order valence-electron chi connectivity index (χ3n) is 11.6. The second kappa shape index (κ2) is 13.9. The summed E-state index contributed by atoms with van der Waals surface area (Å²) in [4.78, 5) is 46.8. The van der Waals surface area contributed by atoms with Crippen molar-refractivity contribution in [1.29, 1.82) is 0 Å². The summed E-state index contributed by atoms with van der Waals surface area (Å²) in [5.74, 6) is -2.81. The topological polar surface area (TPSA) is 139 Å². The highest BCUT2D eigenvalue weighted by Gasteiger charge is 2.51. The Morgan fingerprint density at radius 1 is 1.07 bits per heavy atom. The molecule has 16 heteroatoms. The van der Waals surface area contributed by atoms with Crippen LogP contribution in [-0.4, -0.2) is 93.9 Å². The van der Waals surface area contributed by atoms with Crippen LogP contribution in [0.2, 0.25) is 0 Å².